The highest BCUT2D eigenvalue weighted by molar-refractivity contribution is 9.10. The number of aromatic nitrogens is 2. The second-order valence-electron chi connectivity index (χ2n) is 4.71. The molecule has 0 fully saturated rings. The standard InChI is InChI=1S/C16H13BrFN3/c1-10-15(12-8-5-9-13(17)14(12)18)20-21(16(10)19)11-6-3-2-4-7-11/h2-9H,19H2,1H3. The first-order valence-corrected chi connectivity index (χ1v) is 7.24. The van der Waals surface area contributed by atoms with Gasteiger partial charge in [0.2, 0.25) is 0 Å². The molecule has 0 spiro atoms. The number of hydrogen-bond donors (Lipinski definition) is 1. The topological polar surface area (TPSA) is 43.8 Å². The van der Waals surface area contributed by atoms with Gasteiger partial charge in [0.1, 0.15) is 17.3 Å². The molecular formula is C16H13BrFN3. The Morgan fingerprint density at radius 1 is 1.10 bits per heavy atom. The molecule has 1 aromatic heterocycles. The Morgan fingerprint density at radius 2 is 1.81 bits per heavy atom. The molecule has 0 unspecified atom stereocenters. The zero-order valence-electron chi connectivity index (χ0n) is 11.3. The van der Waals surface area contributed by atoms with Crippen molar-refractivity contribution in [1.82, 2.24) is 9.78 Å². The van der Waals surface area contributed by atoms with Crippen molar-refractivity contribution in [2.45, 2.75) is 6.92 Å². The molecule has 0 saturated heterocycles. The number of anilines is 1. The lowest BCUT2D eigenvalue weighted by Crippen LogP contribution is -2.01. The molecule has 0 saturated carbocycles. The summed E-state index contributed by atoms with van der Waals surface area (Å²) in [6.45, 7) is 1.84. The quantitative estimate of drug-likeness (QED) is 0.751. The normalized spacial score (nSPS) is 10.8. The molecule has 0 bridgehead atoms. The molecule has 0 amide bonds. The average Bonchev–Trinajstić information content (AvgIpc) is 2.79. The van der Waals surface area contributed by atoms with E-state index >= 15 is 0 Å². The minimum atomic E-state index is -0.335. The van der Waals surface area contributed by atoms with Crippen LogP contribution in [0.25, 0.3) is 16.9 Å². The van der Waals surface area contributed by atoms with Crippen molar-refractivity contribution >= 4 is 21.7 Å². The molecule has 0 aliphatic heterocycles. The average molecular weight is 346 g/mol. The second kappa shape index (κ2) is 5.33. The van der Waals surface area contributed by atoms with Crippen LogP contribution in [-0.4, -0.2) is 9.78 Å². The predicted molar refractivity (Wildman–Crippen MR) is 85.8 cm³/mol. The van der Waals surface area contributed by atoms with Crippen molar-refractivity contribution in [2.24, 2.45) is 0 Å². The summed E-state index contributed by atoms with van der Waals surface area (Å²) in [6, 6.07) is 14.7. The van der Waals surface area contributed by atoms with E-state index in [-0.39, 0.29) is 5.82 Å². The van der Waals surface area contributed by atoms with E-state index in [0.29, 0.717) is 21.5 Å². The minimum absolute atomic E-state index is 0.335. The Balaban J connectivity index is 2.20. The fourth-order valence-corrected chi connectivity index (χ4v) is 2.58. The van der Waals surface area contributed by atoms with Crippen molar-refractivity contribution in [3.05, 3.63) is 64.4 Å². The number of rotatable bonds is 2. The van der Waals surface area contributed by atoms with E-state index in [0.717, 1.165) is 11.3 Å². The Morgan fingerprint density at radius 3 is 2.52 bits per heavy atom. The van der Waals surface area contributed by atoms with Crippen molar-refractivity contribution in [1.29, 1.82) is 0 Å². The van der Waals surface area contributed by atoms with Crippen LogP contribution in [0.4, 0.5) is 10.2 Å². The Kier molecular flexibility index (Phi) is 3.51. The third-order valence-corrected chi connectivity index (χ3v) is 3.99. The smallest absolute Gasteiger partial charge is 0.146 e. The van der Waals surface area contributed by atoms with Crippen LogP contribution < -0.4 is 5.73 Å². The van der Waals surface area contributed by atoms with E-state index in [1.807, 2.05) is 37.3 Å². The van der Waals surface area contributed by atoms with Gasteiger partial charge in [-0.05, 0) is 47.1 Å². The van der Waals surface area contributed by atoms with E-state index in [9.17, 15) is 4.39 Å². The van der Waals surface area contributed by atoms with E-state index in [1.54, 1.807) is 22.9 Å². The molecule has 5 heteroatoms. The summed E-state index contributed by atoms with van der Waals surface area (Å²) in [5, 5.41) is 4.48. The fraction of sp³-hybridized carbons (Fsp3) is 0.0625. The number of halogens is 2. The molecule has 3 nitrogen and oxygen atoms in total. The van der Waals surface area contributed by atoms with E-state index < -0.39 is 0 Å². The molecule has 3 aromatic rings. The number of para-hydroxylation sites is 1. The van der Waals surface area contributed by atoms with Crippen LogP contribution in [0, 0.1) is 12.7 Å². The van der Waals surface area contributed by atoms with E-state index in [4.69, 9.17) is 5.73 Å². The van der Waals surface area contributed by atoms with E-state index in [2.05, 4.69) is 21.0 Å². The molecule has 0 atom stereocenters. The Labute approximate surface area is 130 Å². The summed E-state index contributed by atoms with van der Waals surface area (Å²) in [5.41, 5.74) is 8.72. The first-order valence-electron chi connectivity index (χ1n) is 6.44. The van der Waals surface area contributed by atoms with Crippen LogP contribution in [0.15, 0.2) is 53.0 Å². The molecule has 0 radical (unpaired) electrons. The maximum absolute atomic E-state index is 14.3. The van der Waals surface area contributed by atoms with Crippen molar-refractivity contribution in [2.75, 3.05) is 5.73 Å². The van der Waals surface area contributed by atoms with Crippen LogP contribution >= 0.6 is 15.9 Å². The SMILES string of the molecule is Cc1c(-c2cccc(Br)c2F)nn(-c2ccccc2)c1N. The number of nitrogens with two attached hydrogens (primary N) is 1. The molecule has 0 aliphatic rings. The summed E-state index contributed by atoms with van der Waals surface area (Å²) in [6.07, 6.45) is 0. The fourth-order valence-electron chi connectivity index (χ4n) is 2.22. The van der Waals surface area contributed by atoms with Gasteiger partial charge in [-0.1, -0.05) is 24.3 Å². The Bertz CT molecular complexity index is 797. The van der Waals surface area contributed by atoms with Crippen molar-refractivity contribution < 1.29 is 4.39 Å². The molecule has 2 N–H and O–H groups in total. The predicted octanol–water partition coefficient (Wildman–Crippen LogP) is 4.33. The van der Waals surface area contributed by atoms with Crippen LogP contribution in [0.5, 0.6) is 0 Å². The van der Waals surface area contributed by atoms with Gasteiger partial charge < -0.3 is 5.73 Å². The summed E-state index contributed by atoms with van der Waals surface area (Å²) < 4.78 is 16.3. The highest BCUT2D eigenvalue weighted by atomic mass is 79.9. The summed E-state index contributed by atoms with van der Waals surface area (Å²) in [4.78, 5) is 0. The first-order chi connectivity index (χ1) is 10.1. The molecule has 0 aliphatic carbocycles. The van der Waals surface area contributed by atoms with Crippen LogP contribution in [0.1, 0.15) is 5.56 Å². The van der Waals surface area contributed by atoms with Gasteiger partial charge in [-0.3, -0.25) is 0 Å². The maximum Gasteiger partial charge on any atom is 0.146 e. The molecule has 21 heavy (non-hydrogen) atoms. The highest BCUT2D eigenvalue weighted by Crippen LogP contribution is 2.32. The van der Waals surface area contributed by atoms with Gasteiger partial charge in [0.05, 0.1) is 10.2 Å². The maximum atomic E-state index is 14.3. The van der Waals surface area contributed by atoms with Gasteiger partial charge in [-0.25, -0.2) is 9.07 Å². The molecule has 2 aromatic carbocycles. The van der Waals surface area contributed by atoms with Gasteiger partial charge in [0, 0.05) is 11.1 Å². The number of benzene rings is 2. The van der Waals surface area contributed by atoms with Crippen LogP contribution in [0.2, 0.25) is 0 Å². The number of nitrogen functional groups attached to an aromatic ring is 1. The lowest BCUT2D eigenvalue weighted by molar-refractivity contribution is 0.623. The number of nitrogens with zero attached hydrogens (tertiary/aromatic N) is 2. The van der Waals surface area contributed by atoms with Gasteiger partial charge in [-0.2, -0.15) is 5.10 Å². The monoisotopic (exact) mass is 345 g/mol. The van der Waals surface area contributed by atoms with Gasteiger partial charge >= 0.3 is 0 Å². The molecule has 3 rings (SSSR count). The van der Waals surface area contributed by atoms with Crippen molar-refractivity contribution in [3.63, 3.8) is 0 Å². The van der Waals surface area contributed by atoms with Gasteiger partial charge in [-0.15, -0.1) is 0 Å². The highest BCUT2D eigenvalue weighted by Gasteiger charge is 2.18. The largest absolute Gasteiger partial charge is 0.383 e. The first kappa shape index (κ1) is 13.8. The summed E-state index contributed by atoms with van der Waals surface area (Å²) >= 11 is 3.20. The summed E-state index contributed by atoms with van der Waals surface area (Å²) in [7, 11) is 0. The third kappa shape index (κ3) is 2.34. The lowest BCUT2D eigenvalue weighted by atomic mass is 10.1. The molecule has 1 heterocycles. The van der Waals surface area contributed by atoms with Crippen LogP contribution in [-0.2, 0) is 0 Å². The summed E-state index contributed by atoms with van der Waals surface area (Å²) in [5.74, 6) is 0.175. The Hall–Kier alpha value is -2.14. The van der Waals surface area contributed by atoms with Gasteiger partial charge in [0.25, 0.3) is 0 Å². The zero-order chi connectivity index (χ0) is 15.0. The zero-order valence-corrected chi connectivity index (χ0v) is 12.9. The molecule has 106 valence electrons. The van der Waals surface area contributed by atoms with E-state index in [1.165, 1.54) is 0 Å². The second-order valence-corrected chi connectivity index (χ2v) is 5.56. The minimum Gasteiger partial charge on any atom is -0.383 e. The molecular weight excluding hydrogens is 333 g/mol. The lowest BCUT2D eigenvalue weighted by Gasteiger charge is -2.03. The van der Waals surface area contributed by atoms with Gasteiger partial charge in [0.15, 0.2) is 0 Å². The third-order valence-electron chi connectivity index (χ3n) is 3.38. The number of hydrogen-bond acceptors (Lipinski definition) is 2. The van der Waals surface area contributed by atoms with Crippen LogP contribution in [0.3, 0.4) is 0 Å². The van der Waals surface area contributed by atoms with Crippen molar-refractivity contribution in [3.8, 4) is 16.9 Å².